The van der Waals surface area contributed by atoms with Crippen LogP contribution in [0.25, 0.3) is 0 Å². The predicted octanol–water partition coefficient (Wildman–Crippen LogP) is 0.685. The van der Waals surface area contributed by atoms with Gasteiger partial charge in [0.2, 0.25) is 11.8 Å². The zero-order chi connectivity index (χ0) is 12.8. The number of nitrogens with one attached hydrogen (secondary N) is 1. The third-order valence-corrected chi connectivity index (χ3v) is 2.48. The van der Waals surface area contributed by atoms with E-state index < -0.39 is 30.0 Å². The molecule has 1 aromatic heterocycles. The first kappa shape index (κ1) is 11.7. The topological polar surface area (TPSA) is 85.8 Å². The maximum Gasteiger partial charge on any atom is 0.411 e. The van der Waals surface area contributed by atoms with Crippen LogP contribution in [0.1, 0.15) is 30.0 Å². The van der Waals surface area contributed by atoms with Crippen molar-refractivity contribution >= 4 is 11.9 Å². The monoisotopic (exact) mass is 249 g/mol. The number of carbonyl (C=O) groups is 1. The highest BCUT2D eigenvalue weighted by atomic mass is 19.4. The number of rotatable bonds is 1. The highest BCUT2D eigenvalue weighted by Gasteiger charge is 2.46. The molecule has 0 spiro atoms. The fraction of sp³-hybridized carbons (Fsp3) is 0.625. The average Bonchev–Trinajstić information content (AvgIpc) is 2.58. The number of fused-ring (bicyclic) bond motifs is 1. The number of alkyl halides is 3. The molecule has 3 N–H and O–H groups in total. The molecule has 0 bridgehead atoms. The fourth-order valence-electron chi connectivity index (χ4n) is 1.73. The van der Waals surface area contributed by atoms with E-state index in [9.17, 15) is 18.0 Å². The summed E-state index contributed by atoms with van der Waals surface area (Å²) in [6.45, 7) is 1.60. The minimum absolute atomic E-state index is 0.0834. The molecule has 0 saturated carbocycles. The number of hydrogen-bond donors (Lipinski definition) is 2. The van der Waals surface area contributed by atoms with E-state index in [0.717, 1.165) is 0 Å². The summed E-state index contributed by atoms with van der Waals surface area (Å²) in [5.41, 5.74) is 4.93. The number of nitrogens with zero attached hydrogens (tertiary/aromatic N) is 3. The van der Waals surface area contributed by atoms with E-state index in [1.54, 1.807) is 6.92 Å². The van der Waals surface area contributed by atoms with E-state index in [0.29, 0.717) is 4.68 Å². The molecule has 2 atom stereocenters. The molecule has 17 heavy (non-hydrogen) atoms. The molecule has 94 valence electrons. The zero-order valence-corrected chi connectivity index (χ0v) is 8.82. The lowest BCUT2D eigenvalue weighted by atomic mass is 10.1. The molecule has 1 aliphatic heterocycles. The molecular weight excluding hydrogens is 239 g/mol. The van der Waals surface area contributed by atoms with Crippen LogP contribution in [-0.4, -0.2) is 32.9 Å². The second-order valence-corrected chi connectivity index (χ2v) is 3.91. The zero-order valence-electron chi connectivity index (χ0n) is 8.82. The van der Waals surface area contributed by atoms with E-state index in [1.165, 1.54) is 0 Å². The molecule has 9 heteroatoms. The van der Waals surface area contributed by atoms with E-state index in [1.807, 2.05) is 0 Å². The Morgan fingerprint density at radius 2 is 2.24 bits per heavy atom. The van der Waals surface area contributed by atoms with Crippen LogP contribution in [0.2, 0.25) is 0 Å². The number of hydrogen-bond acceptors (Lipinski definition) is 4. The molecule has 0 aromatic carbocycles. The highest BCUT2D eigenvalue weighted by molar-refractivity contribution is 5.89. The van der Waals surface area contributed by atoms with Gasteiger partial charge in [-0.2, -0.15) is 18.2 Å². The third kappa shape index (κ3) is 2.04. The van der Waals surface area contributed by atoms with Gasteiger partial charge in [-0.05, 0) is 13.3 Å². The highest BCUT2D eigenvalue weighted by Crippen LogP contribution is 2.38. The summed E-state index contributed by atoms with van der Waals surface area (Å²) in [6, 6.07) is -2.19. The molecule has 2 rings (SSSR count). The number of nitrogens with two attached hydrogens (primary N) is 1. The van der Waals surface area contributed by atoms with E-state index in [-0.39, 0.29) is 12.4 Å². The smallest absolute Gasteiger partial charge is 0.363 e. The molecule has 1 aliphatic rings. The Bertz CT molecular complexity index is 455. The lowest BCUT2D eigenvalue weighted by Gasteiger charge is -2.30. The molecular formula is C8H10F3N5O. The third-order valence-electron chi connectivity index (χ3n) is 2.48. The Labute approximate surface area is 94.0 Å². The SMILES string of the molecule is CC1CC(C(F)(F)F)n2nc(C(N)=O)nc2N1. The van der Waals surface area contributed by atoms with Gasteiger partial charge in [0.25, 0.3) is 5.91 Å². The fourth-order valence-corrected chi connectivity index (χ4v) is 1.73. The first-order valence-corrected chi connectivity index (χ1v) is 4.88. The predicted molar refractivity (Wildman–Crippen MR) is 51.3 cm³/mol. The first-order valence-electron chi connectivity index (χ1n) is 4.88. The Morgan fingerprint density at radius 3 is 2.76 bits per heavy atom. The maximum atomic E-state index is 12.8. The van der Waals surface area contributed by atoms with Crippen molar-refractivity contribution in [2.24, 2.45) is 5.73 Å². The Morgan fingerprint density at radius 1 is 1.59 bits per heavy atom. The summed E-state index contributed by atoms with van der Waals surface area (Å²) >= 11 is 0. The molecule has 0 radical (unpaired) electrons. The largest absolute Gasteiger partial charge is 0.411 e. The average molecular weight is 249 g/mol. The van der Waals surface area contributed by atoms with Gasteiger partial charge in [0.15, 0.2) is 6.04 Å². The van der Waals surface area contributed by atoms with Crippen molar-refractivity contribution in [3.63, 3.8) is 0 Å². The summed E-state index contributed by atoms with van der Waals surface area (Å²) in [4.78, 5) is 14.5. The molecule has 0 saturated heterocycles. The Kier molecular flexibility index (Phi) is 2.48. The van der Waals surface area contributed by atoms with Gasteiger partial charge in [0, 0.05) is 6.04 Å². The van der Waals surface area contributed by atoms with Gasteiger partial charge in [0.05, 0.1) is 0 Å². The normalized spacial score (nSPS) is 24.0. The van der Waals surface area contributed by atoms with Crippen molar-refractivity contribution in [2.75, 3.05) is 5.32 Å². The molecule has 1 aromatic rings. The van der Waals surface area contributed by atoms with Crippen LogP contribution in [0, 0.1) is 0 Å². The number of amides is 1. The number of halogens is 3. The van der Waals surface area contributed by atoms with Crippen LogP contribution < -0.4 is 11.1 Å². The molecule has 2 unspecified atom stereocenters. The van der Waals surface area contributed by atoms with Crippen molar-refractivity contribution in [1.82, 2.24) is 14.8 Å². The first-order chi connectivity index (χ1) is 7.79. The molecule has 1 amide bonds. The summed E-state index contributed by atoms with van der Waals surface area (Å²) < 4.78 is 39.0. The molecule has 0 fully saturated rings. The van der Waals surface area contributed by atoms with Gasteiger partial charge < -0.3 is 11.1 Å². The van der Waals surface area contributed by atoms with Crippen molar-refractivity contribution in [3.05, 3.63) is 5.82 Å². The van der Waals surface area contributed by atoms with E-state index in [2.05, 4.69) is 15.4 Å². The summed E-state index contributed by atoms with van der Waals surface area (Å²) in [7, 11) is 0. The van der Waals surface area contributed by atoms with Crippen LogP contribution >= 0.6 is 0 Å². The minimum atomic E-state index is -4.44. The van der Waals surface area contributed by atoms with Gasteiger partial charge in [0.1, 0.15) is 0 Å². The summed E-state index contributed by atoms with van der Waals surface area (Å²) in [5.74, 6) is -1.46. The lowest BCUT2D eigenvalue weighted by molar-refractivity contribution is -0.173. The van der Waals surface area contributed by atoms with Crippen LogP contribution in [0.15, 0.2) is 0 Å². The van der Waals surface area contributed by atoms with Crippen LogP contribution in [0.5, 0.6) is 0 Å². The lowest BCUT2D eigenvalue weighted by Crippen LogP contribution is -2.38. The van der Waals surface area contributed by atoms with Crippen LogP contribution in [0.4, 0.5) is 19.1 Å². The number of primary amides is 1. The minimum Gasteiger partial charge on any atom is -0.363 e. The molecule has 2 heterocycles. The van der Waals surface area contributed by atoms with Gasteiger partial charge >= 0.3 is 6.18 Å². The molecule has 6 nitrogen and oxygen atoms in total. The quantitative estimate of drug-likeness (QED) is 0.766. The van der Waals surface area contributed by atoms with Gasteiger partial charge in [-0.1, -0.05) is 0 Å². The summed E-state index contributed by atoms with van der Waals surface area (Å²) in [5, 5.41) is 6.20. The van der Waals surface area contributed by atoms with Crippen molar-refractivity contribution in [2.45, 2.75) is 31.6 Å². The second kappa shape index (κ2) is 3.60. The number of carbonyl (C=O) groups excluding carboxylic acids is 1. The van der Waals surface area contributed by atoms with Crippen LogP contribution in [-0.2, 0) is 0 Å². The Hall–Kier alpha value is -1.80. The summed E-state index contributed by atoms with van der Waals surface area (Å²) in [6.07, 6.45) is -4.61. The van der Waals surface area contributed by atoms with Gasteiger partial charge in [-0.15, -0.1) is 5.10 Å². The van der Waals surface area contributed by atoms with Crippen molar-refractivity contribution in [3.8, 4) is 0 Å². The van der Waals surface area contributed by atoms with E-state index >= 15 is 0 Å². The second-order valence-electron chi connectivity index (χ2n) is 3.91. The Balaban J connectivity index is 2.45. The van der Waals surface area contributed by atoms with Crippen LogP contribution in [0.3, 0.4) is 0 Å². The number of aromatic nitrogens is 3. The van der Waals surface area contributed by atoms with Crippen molar-refractivity contribution in [1.29, 1.82) is 0 Å². The van der Waals surface area contributed by atoms with Gasteiger partial charge in [-0.25, -0.2) is 4.68 Å². The molecule has 0 aliphatic carbocycles. The number of anilines is 1. The standard InChI is InChI=1S/C8H10F3N5O/c1-3-2-4(8(9,10)11)16-7(13-3)14-6(15-16)5(12)17/h3-4H,2H2,1H3,(H2,12,17)(H,13,14,15). The van der Waals surface area contributed by atoms with Crippen molar-refractivity contribution < 1.29 is 18.0 Å². The van der Waals surface area contributed by atoms with E-state index in [4.69, 9.17) is 5.73 Å². The van der Waals surface area contributed by atoms with Gasteiger partial charge in [-0.3, -0.25) is 4.79 Å². The maximum absolute atomic E-state index is 12.8.